The van der Waals surface area contributed by atoms with Crippen LogP contribution in [0.3, 0.4) is 0 Å². The SMILES string of the molecule is Cc1nnc(CN=C(NC2CC2)N(C)Cc2ccc(F)cc2)n1C. The highest BCUT2D eigenvalue weighted by molar-refractivity contribution is 5.80. The number of nitrogens with zero attached hydrogens (tertiary/aromatic N) is 5. The van der Waals surface area contributed by atoms with Gasteiger partial charge in [0.2, 0.25) is 0 Å². The van der Waals surface area contributed by atoms with Crippen LogP contribution in [-0.2, 0) is 20.1 Å². The molecule has 0 unspecified atom stereocenters. The zero-order chi connectivity index (χ0) is 17.1. The molecule has 1 saturated carbocycles. The van der Waals surface area contributed by atoms with Gasteiger partial charge in [0.25, 0.3) is 0 Å². The Balaban J connectivity index is 1.71. The maximum Gasteiger partial charge on any atom is 0.194 e. The molecule has 0 aliphatic heterocycles. The molecule has 128 valence electrons. The van der Waals surface area contributed by atoms with Crippen LogP contribution in [0, 0.1) is 12.7 Å². The molecule has 1 fully saturated rings. The van der Waals surface area contributed by atoms with Crippen LogP contribution in [0.4, 0.5) is 4.39 Å². The van der Waals surface area contributed by atoms with Gasteiger partial charge in [0.05, 0.1) is 0 Å². The standard InChI is InChI=1S/C17H23FN6/c1-12-21-22-16(24(12)3)10-19-17(20-15-8-9-15)23(2)11-13-4-6-14(18)7-5-13/h4-7,15H,8-11H2,1-3H3,(H,19,20). The summed E-state index contributed by atoms with van der Waals surface area (Å²) in [6.45, 7) is 3.06. The van der Waals surface area contributed by atoms with Crippen molar-refractivity contribution in [3.63, 3.8) is 0 Å². The van der Waals surface area contributed by atoms with Crippen molar-refractivity contribution in [2.75, 3.05) is 7.05 Å². The average Bonchev–Trinajstić information content (AvgIpc) is 3.33. The van der Waals surface area contributed by atoms with E-state index in [-0.39, 0.29) is 5.82 Å². The van der Waals surface area contributed by atoms with E-state index in [2.05, 4.69) is 20.4 Å². The predicted molar refractivity (Wildman–Crippen MR) is 90.9 cm³/mol. The quantitative estimate of drug-likeness (QED) is 0.673. The third-order valence-corrected chi connectivity index (χ3v) is 4.16. The van der Waals surface area contributed by atoms with E-state index in [0.29, 0.717) is 19.1 Å². The van der Waals surface area contributed by atoms with Gasteiger partial charge < -0.3 is 14.8 Å². The van der Waals surface area contributed by atoms with Crippen molar-refractivity contribution in [1.29, 1.82) is 0 Å². The van der Waals surface area contributed by atoms with E-state index in [4.69, 9.17) is 4.99 Å². The number of halogens is 1. The fraction of sp³-hybridized carbons (Fsp3) is 0.471. The highest BCUT2D eigenvalue weighted by Crippen LogP contribution is 2.19. The normalized spacial score (nSPS) is 14.8. The Bertz CT molecular complexity index is 717. The monoisotopic (exact) mass is 330 g/mol. The number of benzene rings is 1. The fourth-order valence-corrected chi connectivity index (χ4v) is 2.36. The first-order chi connectivity index (χ1) is 11.5. The van der Waals surface area contributed by atoms with E-state index in [0.717, 1.165) is 23.2 Å². The van der Waals surface area contributed by atoms with Crippen LogP contribution in [0.2, 0.25) is 0 Å². The van der Waals surface area contributed by atoms with Gasteiger partial charge >= 0.3 is 0 Å². The first kappa shape index (κ1) is 16.4. The minimum absolute atomic E-state index is 0.218. The fourth-order valence-electron chi connectivity index (χ4n) is 2.36. The van der Waals surface area contributed by atoms with E-state index in [9.17, 15) is 4.39 Å². The number of aromatic nitrogens is 3. The molecule has 0 radical (unpaired) electrons. The summed E-state index contributed by atoms with van der Waals surface area (Å²) in [5.74, 6) is 2.32. The van der Waals surface area contributed by atoms with Crippen molar-refractivity contribution in [3.05, 3.63) is 47.3 Å². The van der Waals surface area contributed by atoms with Crippen LogP contribution in [0.1, 0.15) is 30.1 Å². The number of nitrogens with one attached hydrogen (secondary N) is 1. The van der Waals surface area contributed by atoms with Gasteiger partial charge in [-0.05, 0) is 37.5 Å². The number of hydrogen-bond donors (Lipinski definition) is 1. The summed E-state index contributed by atoms with van der Waals surface area (Å²) in [5, 5.41) is 11.7. The summed E-state index contributed by atoms with van der Waals surface area (Å²) in [7, 11) is 3.93. The zero-order valence-electron chi connectivity index (χ0n) is 14.3. The molecule has 1 N–H and O–H groups in total. The molecule has 3 rings (SSSR count). The average molecular weight is 330 g/mol. The van der Waals surface area contributed by atoms with Crippen LogP contribution in [-0.4, -0.2) is 38.7 Å². The van der Waals surface area contributed by atoms with E-state index in [1.54, 1.807) is 12.1 Å². The summed E-state index contributed by atoms with van der Waals surface area (Å²) in [4.78, 5) is 6.75. The second-order valence-electron chi connectivity index (χ2n) is 6.26. The molecule has 1 aromatic heterocycles. The van der Waals surface area contributed by atoms with Gasteiger partial charge in [0.1, 0.15) is 18.2 Å². The van der Waals surface area contributed by atoms with Crippen molar-refractivity contribution >= 4 is 5.96 Å². The molecule has 24 heavy (non-hydrogen) atoms. The molecule has 6 nitrogen and oxygen atoms in total. The van der Waals surface area contributed by atoms with Crippen LogP contribution in [0.25, 0.3) is 0 Å². The molecule has 1 aromatic carbocycles. The lowest BCUT2D eigenvalue weighted by Crippen LogP contribution is -2.39. The van der Waals surface area contributed by atoms with Crippen molar-refractivity contribution in [1.82, 2.24) is 25.0 Å². The van der Waals surface area contributed by atoms with Gasteiger partial charge in [-0.25, -0.2) is 9.38 Å². The minimum Gasteiger partial charge on any atom is -0.353 e. The Kier molecular flexibility index (Phi) is 4.78. The molecular weight excluding hydrogens is 307 g/mol. The Labute approximate surface area is 141 Å². The lowest BCUT2D eigenvalue weighted by Gasteiger charge is -2.22. The van der Waals surface area contributed by atoms with Gasteiger partial charge in [-0.1, -0.05) is 12.1 Å². The molecule has 0 saturated heterocycles. The summed E-state index contributed by atoms with van der Waals surface area (Å²) >= 11 is 0. The van der Waals surface area contributed by atoms with Gasteiger partial charge in [-0.15, -0.1) is 10.2 Å². The van der Waals surface area contributed by atoms with Crippen molar-refractivity contribution in [2.24, 2.45) is 12.0 Å². The van der Waals surface area contributed by atoms with Gasteiger partial charge in [-0.2, -0.15) is 0 Å². The Hall–Kier alpha value is -2.44. The third kappa shape index (κ3) is 4.10. The Morgan fingerprint density at radius 3 is 2.62 bits per heavy atom. The minimum atomic E-state index is -0.218. The third-order valence-electron chi connectivity index (χ3n) is 4.16. The maximum absolute atomic E-state index is 13.0. The summed E-state index contributed by atoms with van der Waals surface area (Å²) in [6, 6.07) is 7.06. The summed E-state index contributed by atoms with van der Waals surface area (Å²) in [5.41, 5.74) is 1.04. The predicted octanol–water partition coefficient (Wildman–Crippen LogP) is 2.00. The smallest absolute Gasteiger partial charge is 0.194 e. The molecule has 0 spiro atoms. The van der Waals surface area contributed by atoms with Crippen LogP contribution < -0.4 is 5.32 Å². The molecule has 0 bridgehead atoms. The highest BCUT2D eigenvalue weighted by Gasteiger charge is 2.24. The van der Waals surface area contributed by atoms with E-state index < -0.39 is 0 Å². The maximum atomic E-state index is 13.0. The molecule has 1 aliphatic carbocycles. The summed E-state index contributed by atoms with van der Waals surface area (Å²) in [6.07, 6.45) is 2.35. The van der Waals surface area contributed by atoms with Gasteiger partial charge in [-0.3, -0.25) is 0 Å². The lowest BCUT2D eigenvalue weighted by molar-refractivity contribution is 0.472. The first-order valence-electron chi connectivity index (χ1n) is 8.14. The van der Waals surface area contributed by atoms with Gasteiger partial charge in [0, 0.05) is 26.7 Å². The van der Waals surface area contributed by atoms with Crippen molar-refractivity contribution < 1.29 is 4.39 Å². The molecule has 1 heterocycles. The molecule has 0 amide bonds. The molecule has 7 heteroatoms. The van der Waals surface area contributed by atoms with E-state index in [1.807, 2.05) is 25.6 Å². The second kappa shape index (κ2) is 6.98. The van der Waals surface area contributed by atoms with Gasteiger partial charge in [0.15, 0.2) is 11.8 Å². The summed E-state index contributed by atoms with van der Waals surface area (Å²) < 4.78 is 15.0. The number of aliphatic imine (C=N–C) groups is 1. The number of rotatable bonds is 5. The second-order valence-corrected chi connectivity index (χ2v) is 6.26. The van der Waals surface area contributed by atoms with Crippen LogP contribution in [0.15, 0.2) is 29.3 Å². The molecule has 1 aliphatic rings. The largest absolute Gasteiger partial charge is 0.353 e. The van der Waals surface area contributed by atoms with E-state index in [1.165, 1.54) is 25.0 Å². The Morgan fingerprint density at radius 2 is 2.04 bits per heavy atom. The highest BCUT2D eigenvalue weighted by atomic mass is 19.1. The molecule has 0 atom stereocenters. The first-order valence-corrected chi connectivity index (χ1v) is 8.14. The number of aryl methyl sites for hydroxylation is 1. The topological polar surface area (TPSA) is 58.3 Å². The molecular formula is C17H23FN6. The van der Waals surface area contributed by atoms with Crippen LogP contribution in [0.5, 0.6) is 0 Å². The lowest BCUT2D eigenvalue weighted by atomic mass is 10.2. The molecule has 2 aromatic rings. The van der Waals surface area contributed by atoms with Crippen molar-refractivity contribution in [3.8, 4) is 0 Å². The number of guanidine groups is 1. The Morgan fingerprint density at radius 1 is 1.33 bits per heavy atom. The van der Waals surface area contributed by atoms with E-state index >= 15 is 0 Å². The zero-order valence-corrected chi connectivity index (χ0v) is 14.3. The number of hydrogen-bond acceptors (Lipinski definition) is 3. The van der Waals surface area contributed by atoms with Crippen molar-refractivity contribution in [2.45, 2.75) is 38.9 Å². The van der Waals surface area contributed by atoms with Crippen LogP contribution >= 0.6 is 0 Å².